The van der Waals surface area contributed by atoms with E-state index in [0.29, 0.717) is 11.3 Å². The van der Waals surface area contributed by atoms with Gasteiger partial charge < -0.3 is 9.84 Å². The van der Waals surface area contributed by atoms with Crippen molar-refractivity contribution in [3.63, 3.8) is 0 Å². The number of nitrogens with zero attached hydrogens (tertiary/aromatic N) is 1. The monoisotopic (exact) mass is 273 g/mol. The lowest BCUT2D eigenvalue weighted by molar-refractivity contribution is 0.232. The maximum absolute atomic E-state index is 10.1. The Kier molecular flexibility index (Phi) is 4.40. The summed E-state index contributed by atoms with van der Waals surface area (Å²) in [6.45, 7) is 0. The van der Waals surface area contributed by atoms with Crippen molar-refractivity contribution in [2.75, 3.05) is 7.11 Å². The number of rotatable bonds is 2. The number of aliphatic hydroxyl groups is 1. The van der Waals surface area contributed by atoms with E-state index in [0.717, 1.165) is 5.56 Å². The van der Waals surface area contributed by atoms with Gasteiger partial charge in [0.25, 0.3) is 0 Å². The lowest BCUT2D eigenvalue weighted by Crippen LogP contribution is -2.00. The zero-order chi connectivity index (χ0) is 13.7. The number of ether oxygens (including phenoxy) is 1. The van der Waals surface area contributed by atoms with Crippen LogP contribution in [0.25, 0.3) is 0 Å². The molecule has 1 atom stereocenters. The van der Waals surface area contributed by atoms with Crippen LogP contribution in [-0.4, -0.2) is 17.2 Å². The van der Waals surface area contributed by atoms with E-state index in [9.17, 15) is 5.11 Å². The van der Waals surface area contributed by atoms with Crippen molar-refractivity contribution in [3.8, 4) is 17.6 Å². The largest absolute Gasteiger partial charge is 0.493 e. The molecule has 0 radical (unpaired) electrons. The van der Waals surface area contributed by atoms with Gasteiger partial charge in [0, 0.05) is 17.3 Å². The van der Waals surface area contributed by atoms with Crippen LogP contribution in [0.1, 0.15) is 17.2 Å². The van der Waals surface area contributed by atoms with Crippen molar-refractivity contribution in [1.82, 2.24) is 4.98 Å². The highest BCUT2D eigenvalue weighted by atomic mass is 35.5. The highest BCUT2D eigenvalue weighted by Gasteiger charge is 2.14. The predicted octanol–water partition coefficient (Wildman–Crippen LogP) is 2.83. The highest BCUT2D eigenvalue weighted by molar-refractivity contribution is 6.30. The van der Waals surface area contributed by atoms with E-state index in [1.165, 1.54) is 13.3 Å². The summed E-state index contributed by atoms with van der Waals surface area (Å²) in [7, 11) is 1.48. The second-order valence-electron chi connectivity index (χ2n) is 3.76. The topological polar surface area (TPSA) is 42.4 Å². The van der Waals surface area contributed by atoms with Gasteiger partial charge in [0.05, 0.1) is 7.11 Å². The number of halogens is 1. The van der Waals surface area contributed by atoms with E-state index in [-0.39, 0.29) is 5.15 Å². The molecule has 1 unspecified atom stereocenters. The van der Waals surface area contributed by atoms with Crippen LogP contribution in [0.2, 0.25) is 5.15 Å². The van der Waals surface area contributed by atoms with Crippen molar-refractivity contribution in [2.45, 2.75) is 6.10 Å². The van der Waals surface area contributed by atoms with Crippen LogP contribution >= 0.6 is 11.6 Å². The maximum atomic E-state index is 10.1. The molecule has 0 amide bonds. The van der Waals surface area contributed by atoms with Crippen LogP contribution in [0.15, 0.2) is 42.6 Å². The minimum absolute atomic E-state index is 0.209. The van der Waals surface area contributed by atoms with Crippen molar-refractivity contribution in [3.05, 3.63) is 58.9 Å². The van der Waals surface area contributed by atoms with Gasteiger partial charge in [-0.3, -0.25) is 0 Å². The summed E-state index contributed by atoms with van der Waals surface area (Å²) in [6.07, 6.45) is 0.531. The first kappa shape index (κ1) is 13.4. The molecule has 0 fully saturated rings. The smallest absolute Gasteiger partial charge is 0.171 e. The predicted molar refractivity (Wildman–Crippen MR) is 74.1 cm³/mol. The average molecular weight is 274 g/mol. The molecule has 2 aromatic rings. The van der Waals surface area contributed by atoms with Crippen LogP contribution in [0, 0.1) is 11.8 Å². The summed E-state index contributed by atoms with van der Waals surface area (Å²) in [6, 6.07) is 11.1. The van der Waals surface area contributed by atoms with E-state index >= 15 is 0 Å². The molecule has 0 spiro atoms. The Morgan fingerprint density at radius 1 is 1.26 bits per heavy atom. The Hall–Kier alpha value is -2.02. The Bertz CT molecular complexity index is 617. The third kappa shape index (κ3) is 3.25. The van der Waals surface area contributed by atoms with Gasteiger partial charge in [-0.15, -0.1) is 0 Å². The molecule has 4 heteroatoms. The standard InChI is InChI=1S/C15H12ClNO2/c1-19-14-12(9-10-17-15(14)16)13(18)8-7-11-5-3-2-4-6-11/h2-6,9-10,13,18H,1H3. The van der Waals surface area contributed by atoms with Gasteiger partial charge in [-0.05, 0) is 18.2 Å². The number of hydrogen-bond donors (Lipinski definition) is 1. The summed E-state index contributed by atoms with van der Waals surface area (Å²) in [5, 5.41) is 10.3. The van der Waals surface area contributed by atoms with E-state index in [2.05, 4.69) is 16.8 Å². The third-order valence-electron chi connectivity index (χ3n) is 2.52. The molecular weight excluding hydrogens is 262 g/mol. The van der Waals surface area contributed by atoms with Gasteiger partial charge in [0.2, 0.25) is 0 Å². The molecule has 0 bridgehead atoms. The van der Waals surface area contributed by atoms with Gasteiger partial charge in [-0.1, -0.05) is 41.6 Å². The van der Waals surface area contributed by atoms with Gasteiger partial charge in [0.1, 0.15) is 6.10 Å². The average Bonchev–Trinajstić information content (AvgIpc) is 2.45. The fraction of sp³-hybridized carbons (Fsp3) is 0.133. The van der Waals surface area contributed by atoms with Crippen molar-refractivity contribution in [2.24, 2.45) is 0 Å². The molecule has 96 valence electrons. The van der Waals surface area contributed by atoms with E-state index in [1.807, 2.05) is 30.3 Å². The SMILES string of the molecule is COc1c(C(O)C#Cc2ccccc2)ccnc1Cl. The number of pyridine rings is 1. The van der Waals surface area contributed by atoms with Gasteiger partial charge in [0.15, 0.2) is 10.9 Å². The van der Waals surface area contributed by atoms with Gasteiger partial charge in [-0.2, -0.15) is 0 Å². The van der Waals surface area contributed by atoms with E-state index in [1.54, 1.807) is 6.07 Å². The quantitative estimate of drug-likeness (QED) is 0.676. The highest BCUT2D eigenvalue weighted by Crippen LogP contribution is 2.30. The Labute approximate surface area is 116 Å². The number of hydrogen-bond acceptors (Lipinski definition) is 3. The molecule has 1 N–H and O–H groups in total. The molecule has 0 aliphatic carbocycles. The molecule has 19 heavy (non-hydrogen) atoms. The number of aliphatic hydroxyl groups excluding tert-OH is 1. The summed E-state index contributed by atoms with van der Waals surface area (Å²) in [4.78, 5) is 3.89. The summed E-state index contributed by atoms with van der Waals surface area (Å²) >= 11 is 5.90. The molecule has 1 heterocycles. The summed E-state index contributed by atoms with van der Waals surface area (Å²) in [5.74, 6) is 6.00. The fourth-order valence-electron chi connectivity index (χ4n) is 1.60. The second kappa shape index (κ2) is 6.24. The lowest BCUT2D eigenvalue weighted by Gasteiger charge is -2.10. The molecule has 3 nitrogen and oxygen atoms in total. The number of aromatic nitrogens is 1. The maximum Gasteiger partial charge on any atom is 0.171 e. The molecule has 1 aromatic carbocycles. The zero-order valence-corrected chi connectivity index (χ0v) is 11.1. The van der Waals surface area contributed by atoms with Crippen molar-refractivity contribution >= 4 is 11.6 Å². The molecule has 0 saturated heterocycles. The van der Waals surface area contributed by atoms with Crippen molar-refractivity contribution in [1.29, 1.82) is 0 Å². The Morgan fingerprint density at radius 2 is 2.00 bits per heavy atom. The molecule has 1 aromatic heterocycles. The number of methoxy groups -OCH3 is 1. The number of benzene rings is 1. The van der Waals surface area contributed by atoms with Gasteiger partial charge in [-0.25, -0.2) is 4.98 Å². The van der Waals surface area contributed by atoms with Crippen LogP contribution in [0.4, 0.5) is 0 Å². The van der Waals surface area contributed by atoms with E-state index in [4.69, 9.17) is 16.3 Å². The summed E-state index contributed by atoms with van der Waals surface area (Å²) in [5.41, 5.74) is 1.34. The summed E-state index contributed by atoms with van der Waals surface area (Å²) < 4.78 is 5.13. The first-order valence-corrected chi connectivity index (χ1v) is 6.03. The van der Waals surface area contributed by atoms with Crippen LogP contribution < -0.4 is 4.74 Å². The minimum Gasteiger partial charge on any atom is -0.493 e. The molecule has 0 saturated carbocycles. The van der Waals surface area contributed by atoms with Crippen LogP contribution in [-0.2, 0) is 0 Å². The minimum atomic E-state index is -0.976. The normalized spacial score (nSPS) is 11.3. The molecular formula is C15H12ClNO2. The Morgan fingerprint density at radius 3 is 2.68 bits per heavy atom. The first-order valence-electron chi connectivity index (χ1n) is 5.65. The Balaban J connectivity index is 2.29. The van der Waals surface area contributed by atoms with Crippen LogP contribution in [0.3, 0.4) is 0 Å². The molecule has 2 rings (SSSR count). The second-order valence-corrected chi connectivity index (χ2v) is 4.12. The van der Waals surface area contributed by atoms with Crippen molar-refractivity contribution < 1.29 is 9.84 Å². The zero-order valence-electron chi connectivity index (χ0n) is 10.3. The van der Waals surface area contributed by atoms with E-state index < -0.39 is 6.10 Å². The first-order chi connectivity index (χ1) is 9.22. The third-order valence-corrected chi connectivity index (χ3v) is 2.79. The molecule has 0 aliphatic heterocycles. The fourth-order valence-corrected chi connectivity index (χ4v) is 1.85. The lowest BCUT2D eigenvalue weighted by atomic mass is 10.1. The van der Waals surface area contributed by atoms with Crippen LogP contribution in [0.5, 0.6) is 5.75 Å². The van der Waals surface area contributed by atoms with Gasteiger partial charge >= 0.3 is 0 Å². The molecule has 0 aliphatic rings.